The molecule has 0 bridgehead atoms. The molecule has 168 valence electrons. The maximum absolute atomic E-state index is 14.0. The summed E-state index contributed by atoms with van der Waals surface area (Å²) in [6, 6.07) is 5.94. The van der Waals surface area contributed by atoms with E-state index in [0.29, 0.717) is 17.1 Å². The van der Waals surface area contributed by atoms with Gasteiger partial charge in [0.1, 0.15) is 17.3 Å². The third-order valence-corrected chi connectivity index (χ3v) is 5.69. The van der Waals surface area contributed by atoms with Crippen LogP contribution in [0.2, 0.25) is 0 Å². The number of likely N-dealkylation sites (N-methyl/N-ethyl adjacent to an activating group) is 1. The van der Waals surface area contributed by atoms with Gasteiger partial charge in [-0.2, -0.15) is 0 Å². The lowest BCUT2D eigenvalue weighted by molar-refractivity contribution is -0.120. The van der Waals surface area contributed by atoms with Crippen molar-refractivity contribution in [1.82, 2.24) is 15.5 Å². The summed E-state index contributed by atoms with van der Waals surface area (Å²) in [6.45, 7) is 11.9. The van der Waals surface area contributed by atoms with Crippen LogP contribution >= 0.6 is 0 Å². The minimum absolute atomic E-state index is 0.174. The van der Waals surface area contributed by atoms with Crippen molar-refractivity contribution in [3.63, 3.8) is 0 Å². The molecule has 2 amide bonds. The van der Waals surface area contributed by atoms with E-state index in [1.165, 1.54) is 12.1 Å². The van der Waals surface area contributed by atoms with Gasteiger partial charge in [0.05, 0.1) is 18.2 Å². The van der Waals surface area contributed by atoms with Gasteiger partial charge in [-0.05, 0) is 51.6 Å². The highest BCUT2D eigenvalue weighted by atomic mass is 19.1. The molecule has 2 aromatic rings. The van der Waals surface area contributed by atoms with E-state index in [9.17, 15) is 14.0 Å². The van der Waals surface area contributed by atoms with E-state index < -0.39 is 6.04 Å². The SMILES string of the molecule is CCN1CCN(c2ccc(F)cc2C(C)NC(=O)CNC(=O)c2cc(C)oc2C)CC1. The Bertz CT molecular complexity index is 935. The largest absolute Gasteiger partial charge is 0.466 e. The summed E-state index contributed by atoms with van der Waals surface area (Å²) in [5.41, 5.74) is 2.07. The zero-order chi connectivity index (χ0) is 22.5. The van der Waals surface area contributed by atoms with E-state index in [2.05, 4.69) is 27.4 Å². The average Bonchev–Trinajstić information content (AvgIpc) is 3.10. The first-order valence-corrected chi connectivity index (χ1v) is 10.7. The van der Waals surface area contributed by atoms with Gasteiger partial charge in [-0.3, -0.25) is 9.59 Å². The number of halogens is 1. The van der Waals surface area contributed by atoms with Gasteiger partial charge in [-0.25, -0.2) is 4.39 Å². The summed E-state index contributed by atoms with van der Waals surface area (Å²) >= 11 is 0. The molecule has 0 aliphatic carbocycles. The number of anilines is 1. The molecule has 0 radical (unpaired) electrons. The Morgan fingerprint density at radius 1 is 1.16 bits per heavy atom. The lowest BCUT2D eigenvalue weighted by Crippen LogP contribution is -2.46. The second kappa shape index (κ2) is 9.96. The minimum atomic E-state index is -0.405. The second-order valence-corrected chi connectivity index (χ2v) is 7.92. The molecule has 31 heavy (non-hydrogen) atoms. The predicted octanol–water partition coefficient (Wildman–Crippen LogP) is 2.78. The maximum Gasteiger partial charge on any atom is 0.255 e. The molecular formula is C23H31FN4O3. The van der Waals surface area contributed by atoms with E-state index >= 15 is 0 Å². The first-order chi connectivity index (χ1) is 14.8. The van der Waals surface area contributed by atoms with Crippen molar-refractivity contribution < 1.29 is 18.4 Å². The van der Waals surface area contributed by atoms with Crippen molar-refractivity contribution in [2.45, 2.75) is 33.7 Å². The van der Waals surface area contributed by atoms with Crippen LogP contribution in [0.1, 0.15) is 47.3 Å². The molecule has 2 heterocycles. The molecule has 1 atom stereocenters. The fourth-order valence-electron chi connectivity index (χ4n) is 3.95. The molecule has 1 aliphatic heterocycles. The van der Waals surface area contributed by atoms with Crippen LogP contribution in [-0.4, -0.2) is 56.0 Å². The Morgan fingerprint density at radius 3 is 2.48 bits per heavy atom. The van der Waals surface area contributed by atoms with Crippen LogP contribution in [0, 0.1) is 19.7 Å². The molecule has 1 fully saturated rings. The summed E-state index contributed by atoms with van der Waals surface area (Å²) in [4.78, 5) is 29.3. The van der Waals surface area contributed by atoms with Crippen molar-refractivity contribution in [2.75, 3.05) is 44.2 Å². The highest BCUT2D eigenvalue weighted by Gasteiger charge is 2.22. The van der Waals surface area contributed by atoms with E-state index in [-0.39, 0.29) is 24.2 Å². The van der Waals surface area contributed by atoms with Crippen LogP contribution < -0.4 is 15.5 Å². The van der Waals surface area contributed by atoms with Crippen molar-refractivity contribution in [1.29, 1.82) is 0 Å². The lowest BCUT2D eigenvalue weighted by atomic mass is 10.0. The fraction of sp³-hybridized carbons (Fsp3) is 0.478. The van der Waals surface area contributed by atoms with Crippen LogP contribution in [0.15, 0.2) is 28.7 Å². The number of nitrogens with zero attached hydrogens (tertiary/aromatic N) is 2. The number of hydrogen-bond donors (Lipinski definition) is 2. The first-order valence-electron chi connectivity index (χ1n) is 10.7. The molecule has 1 aromatic heterocycles. The average molecular weight is 431 g/mol. The molecule has 0 spiro atoms. The van der Waals surface area contributed by atoms with Gasteiger partial charge in [0, 0.05) is 37.4 Å². The van der Waals surface area contributed by atoms with E-state index in [1.54, 1.807) is 26.0 Å². The van der Waals surface area contributed by atoms with Crippen LogP contribution in [0.3, 0.4) is 0 Å². The Balaban J connectivity index is 1.62. The molecule has 1 aliphatic rings. The smallest absolute Gasteiger partial charge is 0.255 e. The third-order valence-electron chi connectivity index (χ3n) is 5.69. The van der Waals surface area contributed by atoms with Gasteiger partial charge in [0.15, 0.2) is 0 Å². The van der Waals surface area contributed by atoms with E-state index in [1.807, 2.05) is 6.92 Å². The molecule has 8 heteroatoms. The number of rotatable bonds is 7. The third kappa shape index (κ3) is 5.64. The van der Waals surface area contributed by atoms with Gasteiger partial charge in [0.25, 0.3) is 5.91 Å². The Morgan fingerprint density at radius 2 is 1.87 bits per heavy atom. The Hall–Kier alpha value is -2.87. The second-order valence-electron chi connectivity index (χ2n) is 7.92. The zero-order valence-electron chi connectivity index (χ0n) is 18.6. The van der Waals surface area contributed by atoms with Crippen LogP contribution in [0.4, 0.5) is 10.1 Å². The van der Waals surface area contributed by atoms with Crippen LogP contribution in [0.25, 0.3) is 0 Å². The summed E-state index contributed by atoms with van der Waals surface area (Å²) in [5, 5.41) is 5.48. The molecule has 3 rings (SSSR count). The van der Waals surface area contributed by atoms with Crippen molar-refractivity contribution >= 4 is 17.5 Å². The number of nitrogens with one attached hydrogen (secondary N) is 2. The lowest BCUT2D eigenvalue weighted by Gasteiger charge is -2.37. The van der Waals surface area contributed by atoms with Gasteiger partial charge in [-0.1, -0.05) is 6.92 Å². The van der Waals surface area contributed by atoms with E-state index in [4.69, 9.17) is 4.42 Å². The number of piperazine rings is 1. The minimum Gasteiger partial charge on any atom is -0.466 e. The highest BCUT2D eigenvalue weighted by molar-refractivity contribution is 5.97. The number of carbonyl (C=O) groups excluding carboxylic acids is 2. The number of furan rings is 1. The first kappa shape index (κ1) is 22.8. The summed E-state index contributed by atoms with van der Waals surface area (Å²) < 4.78 is 19.4. The van der Waals surface area contributed by atoms with Crippen molar-refractivity contribution in [3.8, 4) is 0 Å². The quantitative estimate of drug-likeness (QED) is 0.706. The van der Waals surface area contributed by atoms with Crippen molar-refractivity contribution in [2.24, 2.45) is 0 Å². The zero-order valence-corrected chi connectivity index (χ0v) is 18.6. The number of carbonyl (C=O) groups is 2. The summed E-state index contributed by atoms with van der Waals surface area (Å²) in [6.07, 6.45) is 0. The normalized spacial score (nSPS) is 15.6. The highest BCUT2D eigenvalue weighted by Crippen LogP contribution is 2.28. The number of benzene rings is 1. The van der Waals surface area contributed by atoms with Gasteiger partial charge < -0.3 is 24.9 Å². The van der Waals surface area contributed by atoms with Crippen LogP contribution in [0.5, 0.6) is 0 Å². The summed E-state index contributed by atoms with van der Waals surface area (Å²) in [5.74, 6) is 0.101. The molecule has 1 saturated heterocycles. The number of amides is 2. The van der Waals surface area contributed by atoms with Gasteiger partial charge >= 0.3 is 0 Å². The van der Waals surface area contributed by atoms with Gasteiger partial charge in [0.2, 0.25) is 5.91 Å². The van der Waals surface area contributed by atoms with E-state index in [0.717, 1.165) is 44.0 Å². The monoisotopic (exact) mass is 430 g/mol. The molecular weight excluding hydrogens is 399 g/mol. The number of aryl methyl sites for hydroxylation is 2. The molecule has 2 N–H and O–H groups in total. The fourth-order valence-corrected chi connectivity index (χ4v) is 3.95. The van der Waals surface area contributed by atoms with Crippen molar-refractivity contribution in [3.05, 3.63) is 52.7 Å². The van der Waals surface area contributed by atoms with Gasteiger partial charge in [-0.15, -0.1) is 0 Å². The molecule has 0 saturated carbocycles. The maximum atomic E-state index is 14.0. The van der Waals surface area contributed by atoms with Crippen LogP contribution in [-0.2, 0) is 4.79 Å². The Kier molecular flexibility index (Phi) is 7.33. The Labute approximate surface area is 182 Å². The predicted molar refractivity (Wildman–Crippen MR) is 118 cm³/mol. The topological polar surface area (TPSA) is 77.8 Å². The molecule has 1 aromatic carbocycles. The number of hydrogen-bond acceptors (Lipinski definition) is 5. The molecule has 7 nitrogen and oxygen atoms in total. The molecule has 1 unspecified atom stereocenters. The summed E-state index contributed by atoms with van der Waals surface area (Å²) in [7, 11) is 0. The standard InChI is InChI=1S/C23H31FN4O3/c1-5-27-8-10-28(11-9-27)21-7-6-18(24)13-19(21)16(3)26-22(29)14-25-23(30)20-12-15(2)31-17(20)4/h6-7,12-13,16H,5,8-11,14H2,1-4H3,(H,25,30)(H,26,29).